The Bertz CT molecular complexity index is 996. The fourth-order valence-corrected chi connectivity index (χ4v) is 3.45. The Labute approximate surface area is 225 Å². The van der Waals surface area contributed by atoms with Gasteiger partial charge in [-0.3, -0.25) is 24.2 Å². The standard InChI is InChI=1S/C23H39N9O7/c1-3-12(2)18(24)21(37)30-14(5-4-8-28-23(25)26)19(35)32-16(9-13-10-27-11-29-13)20(36)31-15(22(38)39)6-7-17(33)34/h10-12,14-16,18H,3-9,24H2,1-2H3,(H,27,29)(H,30,37)(H,31,36)(H,32,35)(H,33,34)(H,38,39)(H4,25,26,28). The number of guanidine groups is 1. The lowest BCUT2D eigenvalue weighted by Gasteiger charge is -2.26. The number of carbonyl (C=O) groups excluding carboxylic acids is 3. The first-order valence-corrected chi connectivity index (χ1v) is 12.5. The van der Waals surface area contributed by atoms with Crippen LogP contribution >= 0.6 is 0 Å². The van der Waals surface area contributed by atoms with Crippen LogP contribution in [0.2, 0.25) is 0 Å². The van der Waals surface area contributed by atoms with Crippen LogP contribution in [-0.4, -0.2) is 86.5 Å². The SMILES string of the molecule is CCC(C)C(N)C(=O)NC(CCCN=C(N)N)C(=O)NC(Cc1cnc[nH]1)C(=O)NC(CCC(=O)O)C(=O)O. The summed E-state index contributed by atoms with van der Waals surface area (Å²) in [7, 11) is 0. The van der Waals surface area contributed by atoms with Crippen LogP contribution in [0, 0.1) is 5.92 Å². The number of aromatic nitrogens is 2. The number of hydrogen-bond acceptors (Lipinski definition) is 8. The van der Waals surface area contributed by atoms with E-state index in [-0.39, 0.29) is 37.7 Å². The van der Waals surface area contributed by atoms with Gasteiger partial charge in [0.1, 0.15) is 18.1 Å². The number of aliphatic imine (C=N–C) groups is 1. The molecule has 0 saturated heterocycles. The Morgan fingerprint density at radius 2 is 1.62 bits per heavy atom. The molecular weight excluding hydrogens is 514 g/mol. The van der Waals surface area contributed by atoms with Gasteiger partial charge in [-0.15, -0.1) is 0 Å². The number of nitrogens with two attached hydrogens (primary N) is 3. The number of carbonyl (C=O) groups is 5. The molecule has 12 N–H and O–H groups in total. The van der Waals surface area contributed by atoms with Crippen LogP contribution in [0.25, 0.3) is 0 Å². The first-order chi connectivity index (χ1) is 18.3. The number of rotatable bonds is 18. The van der Waals surface area contributed by atoms with Gasteiger partial charge >= 0.3 is 11.9 Å². The summed E-state index contributed by atoms with van der Waals surface area (Å²) >= 11 is 0. The zero-order chi connectivity index (χ0) is 29.5. The minimum atomic E-state index is -1.50. The normalized spacial score (nSPS) is 14.6. The van der Waals surface area contributed by atoms with Crippen molar-refractivity contribution >= 4 is 35.6 Å². The molecule has 0 aromatic carbocycles. The van der Waals surface area contributed by atoms with E-state index in [1.165, 1.54) is 12.5 Å². The number of H-pyrrole nitrogens is 1. The molecule has 0 spiro atoms. The largest absolute Gasteiger partial charge is 0.481 e. The monoisotopic (exact) mass is 553 g/mol. The number of carboxylic acids is 2. The number of aliphatic carboxylic acids is 2. The summed E-state index contributed by atoms with van der Waals surface area (Å²) < 4.78 is 0. The Kier molecular flexibility index (Phi) is 14.0. The van der Waals surface area contributed by atoms with Crippen LogP contribution in [0.4, 0.5) is 0 Å². The lowest BCUT2D eigenvalue weighted by atomic mass is 9.98. The molecule has 0 aliphatic rings. The van der Waals surface area contributed by atoms with Crippen LogP contribution in [-0.2, 0) is 30.4 Å². The van der Waals surface area contributed by atoms with Gasteiger partial charge in [0.25, 0.3) is 0 Å². The molecule has 39 heavy (non-hydrogen) atoms. The maximum absolute atomic E-state index is 13.3. The molecule has 0 radical (unpaired) electrons. The van der Waals surface area contributed by atoms with Crippen molar-refractivity contribution in [2.24, 2.45) is 28.1 Å². The van der Waals surface area contributed by atoms with Crippen molar-refractivity contribution in [3.8, 4) is 0 Å². The van der Waals surface area contributed by atoms with Crippen molar-refractivity contribution in [2.75, 3.05) is 6.54 Å². The molecule has 218 valence electrons. The molecule has 1 aromatic rings. The highest BCUT2D eigenvalue weighted by molar-refractivity contribution is 5.94. The average molecular weight is 554 g/mol. The average Bonchev–Trinajstić information content (AvgIpc) is 3.39. The minimum absolute atomic E-state index is 0.0934. The molecule has 16 heteroatoms. The molecular formula is C23H39N9O7. The van der Waals surface area contributed by atoms with Crippen LogP contribution in [0.1, 0.15) is 51.6 Å². The zero-order valence-electron chi connectivity index (χ0n) is 22.1. The van der Waals surface area contributed by atoms with Gasteiger partial charge in [0, 0.05) is 31.3 Å². The number of amides is 3. The number of carboxylic acid groups (broad SMARTS) is 2. The molecule has 0 bridgehead atoms. The smallest absolute Gasteiger partial charge is 0.326 e. The van der Waals surface area contributed by atoms with E-state index >= 15 is 0 Å². The summed E-state index contributed by atoms with van der Waals surface area (Å²) in [6.07, 6.45) is 2.89. The van der Waals surface area contributed by atoms with Crippen molar-refractivity contribution in [2.45, 2.75) is 76.5 Å². The number of nitrogens with one attached hydrogen (secondary N) is 4. The Hall–Kier alpha value is -4.21. The quantitative estimate of drug-likeness (QED) is 0.0533. The van der Waals surface area contributed by atoms with Crippen LogP contribution < -0.4 is 33.2 Å². The molecule has 0 aliphatic heterocycles. The highest BCUT2D eigenvalue weighted by Gasteiger charge is 2.31. The first-order valence-electron chi connectivity index (χ1n) is 12.5. The van der Waals surface area contributed by atoms with Gasteiger partial charge in [-0.25, -0.2) is 9.78 Å². The fraction of sp³-hybridized carbons (Fsp3) is 0.609. The van der Waals surface area contributed by atoms with E-state index < -0.39 is 60.2 Å². The maximum atomic E-state index is 13.3. The van der Waals surface area contributed by atoms with Crippen molar-refractivity contribution in [3.63, 3.8) is 0 Å². The number of aromatic amines is 1. The maximum Gasteiger partial charge on any atom is 0.326 e. The number of nitrogens with zero attached hydrogens (tertiary/aromatic N) is 2. The highest BCUT2D eigenvalue weighted by Crippen LogP contribution is 2.08. The molecule has 1 heterocycles. The zero-order valence-corrected chi connectivity index (χ0v) is 22.1. The number of hydrogen-bond donors (Lipinski definition) is 9. The molecule has 0 fully saturated rings. The second-order valence-corrected chi connectivity index (χ2v) is 9.10. The van der Waals surface area contributed by atoms with Crippen molar-refractivity contribution in [3.05, 3.63) is 18.2 Å². The lowest BCUT2D eigenvalue weighted by Crippen LogP contribution is -2.58. The number of imidazole rings is 1. The third-order valence-corrected chi connectivity index (χ3v) is 6.01. The van der Waals surface area contributed by atoms with Crippen LogP contribution in [0.3, 0.4) is 0 Å². The second kappa shape index (κ2) is 16.6. The second-order valence-electron chi connectivity index (χ2n) is 9.10. The van der Waals surface area contributed by atoms with E-state index in [0.717, 1.165) is 0 Å². The van der Waals surface area contributed by atoms with Crippen LogP contribution in [0.15, 0.2) is 17.5 Å². The highest BCUT2D eigenvalue weighted by atomic mass is 16.4. The Balaban J connectivity index is 3.12. The molecule has 5 atom stereocenters. The van der Waals surface area contributed by atoms with E-state index in [2.05, 4.69) is 30.9 Å². The van der Waals surface area contributed by atoms with Gasteiger partial charge < -0.3 is 48.3 Å². The van der Waals surface area contributed by atoms with Gasteiger partial charge in [0.05, 0.1) is 12.4 Å². The predicted molar refractivity (Wildman–Crippen MR) is 140 cm³/mol. The minimum Gasteiger partial charge on any atom is -0.481 e. The van der Waals surface area contributed by atoms with Gasteiger partial charge in [0.2, 0.25) is 17.7 Å². The summed E-state index contributed by atoms with van der Waals surface area (Å²) in [6.45, 7) is 3.85. The summed E-state index contributed by atoms with van der Waals surface area (Å²) in [5.41, 5.74) is 17.1. The van der Waals surface area contributed by atoms with Gasteiger partial charge in [-0.2, -0.15) is 0 Å². The van der Waals surface area contributed by atoms with E-state index in [1.54, 1.807) is 6.92 Å². The summed E-state index contributed by atoms with van der Waals surface area (Å²) in [6, 6.07) is -4.78. The summed E-state index contributed by atoms with van der Waals surface area (Å²) in [4.78, 5) is 72.1. The van der Waals surface area contributed by atoms with E-state index in [0.29, 0.717) is 18.5 Å². The topological polar surface area (TPSA) is 281 Å². The van der Waals surface area contributed by atoms with E-state index in [4.69, 9.17) is 22.3 Å². The molecule has 0 saturated carbocycles. The van der Waals surface area contributed by atoms with E-state index in [9.17, 15) is 29.1 Å². The Morgan fingerprint density at radius 3 is 2.15 bits per heavy atom. The van der Waals surface area contributed by atoms with Crippen molar-refractivity contribution in [1.82, 2.24) is 25.9 Å². The van der Waals surface area contributed by atoms with Gasteiger partial charge in [0.15, 0.2) is 5.96 Å². The fourth-order valence-electron chi connectivity index (χ4n) is 3.45. The molecule has 16 nitrogen and oxygen atoms in total. The molecule has 3 amide bonds. The molecule has 1 aromatic heterocycles. The third kappa shape index (κ3) is 12.3. The predicted octanol–water partition coefficient (Wildman–Crippen LogP) is -2.22. The third-order valence-electron chi connectivity index (χ3n) is 6.01. The van der Waals surface area contributed by atoms with Crippen LogP contribution in [0.5, 0.6) is 0 Å². The lowest BCUT2D eigenvalue weighted by molar-refractivity contribution is -0.143. The first kappa shape index (κ1) is 32.8. The molecule has 5 unspecified atom stereocenters. The Morgan fingerprint density at radius 1 is 1.00 bits per heavy atom. The summed E-state index contributed by atoms with van der Waals surface area (Å²) in [5, 5.41) is 25.7. The van der Waals surface area contributed by atoms with Gasteiger partial charge in [-0.05, 0) is 25.2 Å². The van der Waals surface area contributed by atoms with Crippen molar-refractivity contribution < 1.29 is 34.2 Å². The molecule has 1 rings (SSSR count). The summed E-state index contributed by atoms with van der Waals surface area (Å²) in [5.74, 6) is -5.09. The molecule has 0 aliphatic carbocycles. The van der Waals surface area contributed by atoms with Gasteiger partial charge in [-0.1, -0.05) is 20.3 Å². The van der Waals surface area contributed by atoms with Crippen molar-refractivity contribution in [1.29, 1.82) is 0 Å². The van der Waals surface area contributed by atoms with E-state index in [1.807, 2.05) is 6.92 Å².